The second kappa shape index (κ2) is 3.88. The van der Waals surface area contributed by atoms with Crippen molar-refractivity contribution in [3.63, 3.8) is 0 Å². The smallest absolute Gasteiger partial charge is 0.0544 e. The van der Waals surface area contributed by atoms with Crippen molar-refractivity contribution in [3.8, 4) is 0 Å². The lowest BCUT2D eigenvalue weighted by atomic mass is 10.2. The van der Waals surface area contributed by atoms with Crippen LogP contribution in [0.5, 0.6) is 0 Å². The highest BCUT2D eigenvalue weighted by Gasteiger charge is 2.13. The Hall–Kier alpha value is -0.890. The first-order valence-corrected chi connectivity index (χ1v) is 5.04. The normalized spacial score (nSPS) is 17.0. The lowest BCUT2D eigenvalue weighted by Crippen LogP contribution is -2.36. The maximum Gasteiger partial charge on any atom is 0.0544 e. The van der Waals surface area contributed by atoms with E-state index in [1.54, 1.807) is 0 Å². The van der Waals surface area contributed by atoms with Gasteiger partial charge in [-0.15, -0.1) is 0 Å². The lowest BCUT2D eigenvalue weighted by molar-refractivity contribution is 0.170. The van der Waals surface area contributed by atoms with Crippen molar-refractivity contribution in [2.45, 2.75) is 26.3 Å². The van der Waals surface area contributed by atoms with Gasteiger partial charge in [0, 0.05) is 12.7 Å². The minimum absolute atomic E-state index is 1.03. The Labute approximate surface area is 79.6 Å². The Balaban J connectivity index is 1.96. The third kappa shape index (κ3) is 2.07. The molecule has 1 saturated heterocycles. The first-order valence-electron chi connectivity index (χ1n) is 5.04. The van der Waals surface area contributed by atoms with Crippen LogP contribution in [0.1, 0.15) is 24.6 Å². The summed E-state index contributed by atoms with van der Waals surface area (Å²) in [6.45, 7) is 5.69. The summed E-state index contributed by atoms with van der Waals surface area (Å²) in [4.78, 5) is 6.85. The standard InChI is InChI=1S/C11H16N2/c1-2-10-4-5-11(12-8-10)9-13-6-3-7-13/h4-5,8H,2-3,6-7,9H2,1H3. The van der Waals surface area contributed by atoms with Crippen molar-refractivity contribution in [3.05, 3.63) is 29.6 Å². The van der Waals surface area contributed by atoms with E-state index >= 15 is 0 Å². The molecule has 13 heavy (non-hydrogen) atoms. The fourth-order valence-electron chi connectivity index (χ4n) is 1.53. The Morgan fingerprint density at radius 3 is 2.69 bits per heavy atom. The van der Waals surface area contributed by atoms with Crippen LogP contribution in [0.15, 0.2) is 18.3 Å². The summed E-state index contributed by atoms with van der Waals surface area (Å²) in [6.07, 6.45) is 4.43. The van der Waals surface area contributed by atoms with E-state index in [2.05, 4.69) is 28.9 Å². The molecule has 2 heterocycles. The molecule has 1 aliphatic heterocycles. The summed E-state index contributed by atoms with van der Waals surface area (Å²) in [7, 11) is 0. The average molecular weight is 176 g/mol. The van der Waals surface area contributed by atoms with Crippen molar-refractivity contribution in [1.29, 1.82) is 0 Å². The fourth-order valence-corrected chi connectivity index (χ4v) is 1.53. The van der Waals surface area contributed by atoms with Gasteiger partial charge in [0.25, 0.3) is 0 Å². The van der Waals surface area contributed by atoms with Gasteiger partial charge in [0.2, 0.25) is 0 Å². The molecule has 0 unspecified atom stereocenters. The van der Waals surface area contributed by atoms with Gasteiger partial charge in [0.15, 0.2) is 0 Å². The maximum absolute atomic E-state index is 4.43. The number of rotatable bonds is 3. The predicted molar refractivity (Wildman–Crippen MR) is 53.5 cm³/mol. The molecule has 0 aromatic carbocycles. The first-order chi connectivity index (χ1) is 6.38. The Morgan fingerprint density at radius 1 is 1.38 bits per heavy atom. The van der Waals surface area contributed by atoms with Crippen LogP contribution >= 0.6 is 0 Å². The van der Waals surface area contributed by atoms with E-state index in [0.29, 0.717) is 0 Å². The average Bonchev–Trinajstić information content (AvgIpc) is 2.12. The lowest BCUT2D eigenvalue weighted by Gasteiger charge is -2.30. The van der Waals surface area contributed by atoms with Crippen LogP contribution in [0.2, 0.25) is 0 Å². The van der Waals surface area contributed by atoms with Gasteiger partial charge in [-0.1, -0.05) is 13.0 Å². The number of hydrogen-bond acceptors (Lipinski definition) is 2. The van der Waals surface area contributed by atoms with Crippen LogP contribution in [0.3, 0.4) is 0 Å². The molecule has 2 heteroatoms. The minimum Gasteiger partial charge on any atom is -0.297 e. The summed E-state index contributed by atoms with van der Waals surface area (Å²) in [6, 6.07) is 4.33. The van der Waals surface area contributed by atoms with Crippen molar-refractivity contribution < 1.29 is 0 Å². The molecule has 1 fully saturated rings. The van der Waals surface area contributed by atoms with Crippen LogP contribution in [0.4, 0.5) is 0 Å². The van der Waals surface area contributed by atoms with Crippen LogP contribution < -0.4 is 0 Å². The second-order valence-corrected chi connectivity index (χ2v) is 3.64. The zero-order valence-corrected chi connectivity index (χ0v) is 8.16. The van der Waals surface area contributed by atoms with E-state index in [1.165, 1.54) is 30.8 Å². The highest BCUT2D eigenvalue weighted by Crippen LogP contribution is 2.10. The van der Waals surface area contributed by atoms with E-state index in [-0.39, 0.29) is 0 Å². The van der Waals surface area contributed by atoms with Crippen LogP contribution in [-0.4, -0.2) is 23.0 Å². The first kappa shape index (κ1) is 8.70. The summed E-state index contributed by atoms with van der Waals surface area (Å²) < 4.78 is 0. The Morgan fingerprint density at radius 2 is 2.23 bits per heavy atom. The molecule has 0 N–H and O–H groups in total. The summed E-state index contributed by atoms with van der Waals surface area (Å²) in [5.74, 6) is 0. The van der Waals surface area contributed by atoms with Crippen LogP contribution in [-0.2, 0) is 13.0 Å². The molecular formula is C11H16N2. The number of likely N-dealkylation sites (tertiary alicyclic amines) is 1. The predicted octanol–water partition coefficient (Wildman–Crippen LogP) is 1.85. The van der Waals surface area contributed by atoms with Gasteiger partial charge in [-0.05, 0) is 37.6 Å². The topological polar surface area (TPSA) is 16.1 Å². The third-order valence-corrected chi connectivity index (χ3v) is 2.63. The highest BCUT2D eigenvalue weighted by atomic mass is 15.2. The summed E-state index contributed by atoms with van der Waals surface area (Å²) in [5.41, 5.74) is 2.53. The molecule has 0 radical (unpaired) electrons. The van der Waals surface area contributed by atoms with Gasteiger partial charge >= 0.3 is 0 Å². The molecule has 1 aliphatic rings. The quantitative estimate of drug-likeness (QED) is 0.698. The molecular weight excluding hydrogens is 160 g/mol. The molecule has 2 nitrogen and oxygen atoms in total. The Kier molecular flexibility index (Phi) is 2.60. The molecule has 1 aromatic heterocycles. The molecule has 0 aliphatic carbocycles. The Bertz CT molecular complexity index is 262. The monoisotopic (exact) mass is 176 g/mol. The largest absolute Gasteiger partial charge is 0.297 e. The van der Waals surface area contributed by atoms with E-state index in [0.717, 1.165) is 13.0 Å². The van der Waals surface area contributed by atoms with E-state index in [4.69, 9.17) is 0 Å². The fraction of sp³-hybridized carbons (Fsp3) is 0.545. The molecule has 0 bridgehead atoms. The number of aromatic nitrogens is 1. The number of aryl methyl sites for hydroxylation is 1. The summed E-state index contributed by atoms with van der Waals surface area (Å²) >= 11 is 0. The maximum atomic E-state index is 4.43. The molecule has 0 amide bonds. The van der Waals surface area contributed by atoms with Gasteiger partial charge in [0.1, 0.15) is 0 Å². The van der Waals surface area contributed by atoms with Gasteiger partial charge in [-0.2, -0.15) is 0 Å². The number of pyridine rings is 1. The zero-order chi connectivity index (χ0) is 9.10. The highest BCUT2D eigenvalue weighted by molar-refractivity contribution is 5.13. The van der Waals surface area contributed by atoms with Gasteiger partial charge in [0.05, 0.1) is 5.69 Å². The van der Waals surface area contributed by atoms with Crippen molar-refractivity contribution >= 4 is 0 Å². The van der Waals surface area contributed by atoms with Crippen molar-refractivity contribution in [2.75, 3.05) is 13.1 Å². The van der Waals surface area contributed by atoms with Gasteiger partial charge in [-0.3, -0.25) is 9.88 Å². The third-order valence-electron chi connectivity index (χ3n) is 2.63. The van der Waals surface area contributed by atoms with Crippen LogP contribution in [0.25, 0.3) is 0 Å². The van der Waals surface area contributed by atoms with E-state index in [1.807, 2.05) is 6.20 Å². The SMILES string of the molecule is CCc1ccc(CN2CCC2)nc1. The molecule has 0 spiro atoms. The van der Waals surface area contributed by atoms with Gasteiger partial charge in [-0.25, -0.2) is 0 Å². The number of hydrogen-bond donors (Lipinski definition) is 0. The molecule has 0 atom stereocenters. The van der Waals surface area contributed by atoms with Crippen LogP contribution in [0, 0.1) is 0 Å². The molecule has 70 valence electrons. The summed E-state index contributed by atoms with van der Waals surface area (Å²) in [5, 5.41) is 0. The van der Waals surface area contributed by atoms with Gasteiger partial charge < -0.3 is 0 Å². The van der Waals surface area contributed by atoms with Crippen molar-refractivity contribution in [2.24, 2.45) is 0 Å². The van der Waals surface area contributed by atoms with E-state index in [9.17, 15) is 0 Å². The molecule has 1 aromatic rings. The zero-order valence-electron chi connectivity index (χ0n) is 8.16. The molecule has 0 saturated carbocycles. The van der Waals surface area contributed by atoms with E-state index < -0.39 is 0 Å². The van der Waals surface area contributed by atoms with Crippen molar-refractivity contribution in [1.82, 2.24) is 9.88 Å². The number of nitrogens with zero attached hydrogens (tertiary/aromatic N) is 2. The molecule has 2 rings (SSSR count). The minimum atomic E-state index is 1.03. The second-order valence-electron chi connectivity index (χ2n) is 3.64.